The van der Waals surface area contributed by atoms with Crippen molar-refractivity contribution in [2.45, 2.75) is 50.9 Å². The summed E-state index contributed by atoms with van der Waals surface area (Å²) in [7, 11) is 0. The number of aryl methyl sites for hydroxylation is 2. The van der Waals surface area contributed by atoms with E-state index in [1.165, 1.54) is 16.7 Å². The van der Waals surface area contributed by atoms with Gasteiger partial charge >= 0.3 is 0 Å². The number of aliphatic imine (C=N–C) groups is 1. The van der Waals surface area contributed by atoms with Crippen LogP contribution in [-0.2, 0) is 29.7 Å². The summed E-state index contributed by atoms with van der Waals surface area (Å²) < 4.78 is 6.72. The molecule has 2 heterocycles. The molecule has 6 heteroatoms. The predicted molar refractivity (Wildman–Crippen MR) is 125 cm³/mol. The molecule has 0 bridgehead atoms. The van der Waals surface area contributed by atoms with Gasteiger partial charge in [0.15, 0.2) is 5.72 Å². The number of amidine groups is 1. The molecule has 2 atom stereocenters. The summed E-state index contributed by atoms with van der Waals surface area (Å²) >= 11 is 0. The van der Waals surface area contributed by atoms with Crippen molar-refractivity contribution in [1.29, 1.82) is 5.26 Å². The van der Waals surface area contributed by atoms with Gasteiger partial charge in [0, 0.05) is 11.0 Å². The fourth-order valence-electron chi connectivity index (χ4n) is 5.96. The maximum absolute atomic E-state index is 9.35. The molecule has 3 aliphatic rings. The quantitative estimate of drug-likeness (QED) is 0.622. The first-order valence-corrected chi connectivity index (χ1v) is 11.5. The van der Waals surface area contributed by atoms with Crippen molar-refractivity contribution in [2.75, 3.05) is 0 Å². The van der Waals surface area contributed by atoms with E-state index in [1.54, 1.807) is 0 Å². The van der Waals surface area contributed by atoms with Gasteiger partial charge < -0.3 is 10.5 Å². The molecule has 0 saturated heterocycles. The molecule has 2 unspecified atom stereocenters. The molecule has 2 aromatic carbocycles. The molecule has 0 amide bonds. The summed E-state index contributed by atoms with van der Waals surface area (Å²) in [6.45, 7) is 1.98. The third-order valence-electron chi connectivity index (χ3n) is 7.75. The molecular formula is C27H25N5O. The number of hydrogen-bond acceptors (Lipinski definition) is 6. The molecular weight excluding hydrogens is 410 g/mol. The molecule has 1 aliphatic heterocycles. The largest absolute Gasteiger partial charge is 0.385 e. The van der Waals surface area contributed by atoms with Crippen LogP contribution in [-0.4, -0.2) is 22.1 Å². The molecule has 0 saturated carbocycles. The average Bonchev–Trinajstić information content (AvgIpc) is 3.19. The minimum absolute atomic E-state index is 0.184. The minimum atomic E-state index is -0.794. The molecule has 0 fully saturated rings. The van der Waals surface area contributed by atoms with Crippen molar-refractivity contribution in [3.63, 3.8) is 0 Å². The summed E-state index contributed by atoms with van der Waals surface area (Å²) in [5, 5.41) is 17.6. The molecule has 1 aromatic heterocycles. The van der Waals surface area contributed by atoms with Crippen molar-refractivity contribution >= 4 is 5.84 Å². The lowest BCUT2D eigenvalue weighted by molar-refractivity contribution is -0.130. The first-order valence-electron chi connectivity index (χ1n) is 11.5. The Morgan fingerprint density at radius 2 is 1.73 bits per heavy atom. The number of nitriles is 1. The van der Waals surface area contributed by atoms with Crippen molar-refractivity contribution < 1.29 is 4.74 Å². The summed E-state index contributed by atoms with van der Waals surface area (Å²) in [5.41, 5.74) is 13.0. The van der Waals surface area contributed by atoms with Gasteiger partial charge in [0.05, 0.1) is 24.0 Å². The standard InChI is InChI=1S/C27H25N5O/c1-17-25(29)32-27(33-17)24-12-20(19-4-2-3-18(11-19)14-28)5-6-21(24)13-26(27)9-7-22-15-30-31-16-23(22)8-10-26/h2-6,11-12,15-17H,7-10,13H2,1H3,(H2,29,32). The van der Waals surface area contributed by atoms with Crippen molar-refractivity contribution in [2.24, 2.45) is 16.1 Å². The van der Waals surface area contributed by atoms with Crippen LogP contribution >= 0.6 is 0 Å². The van der Waals surface area contributed by atoms with Crippen LogP contribution in [0.2, 0.25) is 0 Å². The number of nitrogens with zero attached hydrogens (tertiary/aromatic N) is 4. The lowest BCUT2D eigenvalue weighted by Gasteiger charge is -2.41. The summed E-state index contributed by atoms with van der Waals surface area (Å²) in [4.78, 5) is 5.08. The lowest BCUT2D eigenvalue weighted by Crippen LogP contribution is -2.43. The van der Waals surface area contributed by atoms with Crippen molar-refractivity contribution in [3.8, 4) is 17.2 Å². The number of rotatable bonds is 1. The summed E-state index contributed by atoms with van der Waals surface area (Å²) in [6.07, 6.45) is 8.21. The van der Waals surface area contributed by atoms with Crippen LogP contribution in [0, 0.1) is 16.7 Å². The smallest absolute Gasteiger partial charge is 0.193 e. The first-order chi connectivity index (χ1) is 16.0. The van der Waals surface area contributed by atoms with E-state index in [0.717, 1.165) is 48.8 Å². The van der Waals surface area contributed by atoms with Gasteiger partial charge in [0.25, 0.3) is 0 Å². The van der Waals surface area contributed by atoms with Gasteiger partial charge in [-0.15, -0.1) is 0 Å². The molecule has 3 aromatic rings. The zero-order valence-electron chi connectivity index (χ0n) is 18.6. The SMILES string of the molecule is CC1OC2(N=C1N)c1cc(-c3cccc(C#N)c3)ccc1CC21CCc2cnncc2CC1. The van der Waals surface area contributed by atoms with E-state index < -0.39 is 5.72 Å². The van der Waals surface area contributed by atoms with Crippen LogP contribution in [0.15, 0.2) is 59.9 Å². The Morgan fingerprint density at radius 1 is 1.00 bits per heavy atom. The third-order valence-corrected chi connectivity index (χ3v) is 7.75. The number of hydrogen-bond donors (Lipinski definition) is 1. The monoisotopic (exact) mass is 435 g/mol. The Bertz CT molecular complexity index is 1310. The molecule has 6 nitrogen and oxygen atoms in total. The van der Waals surface area contributed by atoms with Crippen LogP contribution in [0.3, 0.4) is 0 Å². The van der Waals surface area contributed by atoms with Gasteiger partial charge in [0.1, 0.15) is 11.9 Å². The topological polar surface area (TPSA) is 97.2 Å². The normalized spacial score (nSPS) is 24.7. The Hall–Kier alpha value is -3.56. The van der Waals surface area contributed by atoms with E-state index in [2.05, 4.69) is 34.5 Å². The Labute approximate surface area is 193 Å². The van der Waals surface area contributed by atoms with E-state index in [9.17, 15) is 5.26 Å². The zero-order valence-corrected chi connectivity index (χ0v) is 18.6. The summed E-state index contributed by atoms with van der Waals surface area (Å²) in [6, 6.07) is 16.5. The molecule has 33 heavy (non-hydrogen) atoms. The second-order valence-corrected chi connectivity index (χ2v) is 9.50. The fraction of sp³-hybridized carbons (Fsp3) is 0.333. The number of benzene rings is 2. The highest BCUT2D eigenvalue weighted by molar-refractivity contribution is 5.87. The number of nitrogens with two attached hydrogens (primary N) is 1. The van der Waals surface area contributed by atoms with E-state index in [-0.39, 0.29) is 11.5 Å². The van der Waals surface area contributed by atoms with Crippen molar-refractivity contribution in [1.82, 2.24) is 10.2 Å². The minimum Gasteiger partial charge on any atom is -0.385 e. The number of fused-ring (bicyclic) bond motifs is 4. The van der Waals surface area contributed by atoms with E-state index in [4.69, 9.17) is 15.5 Å². The molecule has 164 valence electrons. The van der Waals surface area contributed by atoms with Crippen LogP contribution < -0.4 is 5.73 Å². The van der Waals surface area contributed by atoms with Gasteiger partial charge in [-0.1, -0.05) is 24.3 Å². The Balaban J connectivity index is 1.48. The van der Waals surface area contributed by atoms with E-state index in [1.807, 2.05) is 43.6 Å². The van der Waals surface area contributed by atoms with Gasteiger partial charge in [-0.2, -0.15) is 15.5 Å². The Morgan fingerprint density at radius 3 is 2.39 bits per heavy atom. The highest BCUT2D eigenvalue weighted by Gasteiger charge is 2.62. The van der Waals surface area contributed by atoms with E-state index >= 15 is 0 Å². The molecule has 2 N–H and O–H groups in total. The van der Waals surface area contributed by atoms with E-state index in [0.29, 0.717) is 11.4 Å². The number of aromatic nitrogens is 2. The van der Waals surface area contributed by atoms with Crippen molar-refractivity contribution in [3.05, 3.63) is 82.7 Å². The van der Waals surface area contributed by atoms with Gasteiger partial charge in [0.2, 0.25) is 0 Å². The highest BCUT2D eigenvalue weighted by atomic mass is 16.5. The van der Waals surface area contributed by atoms with Gasteiger partial charge in [-0.25, -0.2) is 4.99 Å². The second-order valence-electron chi connectivity index (χ2n) is 9.50. The lowest BCUT2D eigenvalue weighted by atomic mass is 9.71. The second kappa shape index (κ2) is 7.23. The predicted octanol–water partition coefficient (Wildman–Crippen LogP) is 4.07. The molecule has 6 rings (SSSR count). The summed E-state index contributed by atoms with van der Waals surface area (Å²) in [5.74, 6) is 0.559. The van der Waals surface area contributed by atoms with Gasteiger partial charge in [-0.3, -0.25) is 0 Å². The zero-order chi connectivity index (χ0) is 22.6. The molecule has 0 radical (unpaired) electrons. The fourth-order valence-corrected chi connectivity index (χ4v) is 5.96. The highest BCUT2D eigenvalue weighted by Crippen LogP contribution is 2.61. The van der Waals surface area contributed by atoms with Crippen LogP contribution in [0.5, 0.6) is 0 Å². The molecule has 2 aliphatic carbocycles. The number of ether oxygens (including phenoxy) is 1. The first kappa shape index (κ1) is 20.1. The molecule has 2 spiro atoms. The Kier molecular flexibility index (Phi) is 4.40. The van der Waals surface area contributed by atoms with Crippen LogP contribution in [0.4, 0.5) is 0 Å². The average molecular weight is 436 g/mol. The third kappa shape index (κ3) is 2.93. The van der Waals surface area contributed by atoms with Crippen LogP contribution in [0.25, 0.3) is 11.1 Å². The van der Waals surface area contributed by atoms with Gasteiger partial charge in [-0.05, 0) is 85.0 Å². The maximum atomic E-state index is 9.35. The van der Waals surface area contributed by atoms with Crippen LogP contribution in [0.1, 0.15) is 47.6 Å². The maximum Gasteiger partial charge on any atom is 0.193 e.